The third kappa shape index (κ3) is 7.45. The van der Waals surface area contributed by atoms with E-state index in [1.807, 2.05) is 37.3 Å². The summed E-state index contributed by atoms with van der Waals surface area (Å²) in [7, 11) is -3.21. The zero-order valence-electron chi connectivity index (χ0n) is 22.2. The average molecular weight is 534 g/mol. The van der Waals surface area contributed by atoms with E-state index in [1.54, 1.807) is 0 Å². The first-order chi connectivity index (χ1) is 17.7. The fourth-order valence-corrected chi connectivity index (χ4v) is 6.53. The summed E-state index contributed by atoms with van der Waals surface area (Å²) in [6, 6.07) is 12.6. The molecule has 0 aliphatic carbocycles. The first-order valence-corrected chi connectivity index (χ1v) is 15.1. The fourth-order valence-electron chi connectivity index (χ4n) is 5.26. The molecule has 37 heavy (non-hydrogen) atoms. The molecule has 6 nitrogen and oxygen atoms in total. The molecular weight excluding hydrogens is 493 g/mol. The summed E-state index contributed by atoms with van der Waals surface area (Å²) in [5.41, 5.74) is 1.80. The summed E-state index contributed by atoms with van der Waals surface area (Å²) >= 11 is 0. The lowest BCUT2D eigenvalue weighted by Gasteiger charge is -2.48. The van der Waals surface area contributed by atoms with Crippen molar-refractivity contribution in [3.8, 4) is 11.5 Å². The minimum absolute atomic E-state index is 0.0442. The van der Waals surface area contributed by atoms with Crippen molar-refractivity contribution in [2.24, 2.45) is 5.92 Å². The van der Waals surface area contributed by atoms with Gasteiger partial charge in [-0.05, 0) is 82.2 Å². The van der Waals surface area contributed by atoms with Crippen LogP contribution in [-0.4, -0.2) is 39.0 Å². The Morgan fingerprint density at radius 3 is 2.65 bits per heavy atom. The molecule has 4 rings (SSSR count). The first-order valence-electron chi connectivity index (χ1n) is 13.5. The maximum atomic E-state index is 13.2. The van der Waals surface area contributed by atoms with Crippen LogP contribution in [0.1, 0.15) is 76.5 Å². The van der Waals surface area contributed by atoms with Crippen molar-refractivity contribution in [1.82, 2.24) is 4.72 Å². The van der Waals surface area contributed by atoms with Gasteiger partial charge in [0.15, 0.2) is 0 Å². The summed E-state index contributed by atoms with van der Waals surface area (Å²) in [6.07, 6.45) is 5.96. The molecule has 3 atom stereocenters. The van der Waals surface area contributed by atoms with E-state index in [-0.39, 0.29) is 35.3 Å². The Balaban J connectivity index is 1.33. The third-order valence-corrected chi connectivity index (χ3v) is 8.88. The van der Waals surface area contributed by atoms with Gasteiger partial charge >= 0.3 is 0 Å². The molecule has 2 heterocycles. The molecule has 0 aromatic heterocycles. The molecule has 8 heteroatoms. The van der Waals surface area contributed by atoms with Crippen LogP contribution in [0.15, 0.2) is 42.5 Å². The maximum absolute atomic E-state index is 13.2. The molecule has 2 aromatic carbocycles. The summed E-state index contributed by atoms with van der Waals surface area (Å²) in [6.45, 7) is 6.98. The van der Waals surface area contributed by atoms with E-state index in [9.17, 15) is 12.8 Å². The Kier molecular flexibility index (Phi) is 9.14. The number of ether oxygens (including phenoxy) is 3. The zero-order valence-corrected chi connectivity index (χ0v) is 23.0. The quantitative estimate of drug-likeness (QED) is 0.341. The third-order valence-electron chi connectivity index (χ3n) is 7.41. The summed E-state index contributed by atoms with van der Waals surface area (Å²) < 4.78 is 58.7. The van der Waals surface area contributed by atoms with Crippen LogP contribution in [0.4, 0.5) is 4.39 Å². The maximum Gasteiger partial charge on any atom is 0.211 e. The minimum atomic E-state index is -3.21. The molecule has 0 unspecified atom stereocenters. The molecule has 0 spiro atoms. The van der Waals surface area contributed by atoms with Gasteiger partial charge in [-0.25, -0.2) is 17.5 Å². The Hall–Kier alpha value is -2.16. The van der Waals surface area contributed by atoms with E-state index < -0.39 is 10.0 Å². The van der Waals surface area contributed by atoms with Gasteiger partial charge in [-0.2, -0.15) is 0 Å². The molecule has 0 bridgehead atoms. The second kappa shape index (κ2) is 12.1. The van der Waals surface area contributed by atoms with Gasteiger partial charge in [0.2, 0.25) is 10.0 Å². The van der Waals surface area contributed by atoms with Crippen LogP contribution in [0.2, 0.25) is 0 Å². The minimum Gasteiger partial charge on any atom is -0.493 e. The number of halogens is 1. The summed E-state index contributed by atoms with van der Waals surface area (Å²) in [4.78, 5) is 0. The van der Waals surface area contributed by atoms with E-state index in [2.05, 4.69) is 18.6 Å². The normalized spacial score (nSPS) is 22.5. The van der Waals surface area contributed by atoms with Gasteiger partial charge in [-0.3, -0.25) is 0 Å². The van der Waals surface area contributed by atoms with Crippen LogP contribution >= 0.6 is 0 Å². The van der Waals surface area contributed by atoms with Crippen molar-refractivity contribution in [3.05, 3.63) is 59.4 Å². The zero-order chi connectivity index (χ0) is 26.5. The lowest BCUT2D eigenvalue weighted by Crippen LogP contribution is -2.48. The number of aryl methyl sites for hydroxylation is 1. The molecular formula is C29H40FNO5S. The lowest BCUT2D eigenvalue weighted by atomic mass is 9.75. The molecule has 204 valence electrons. The molecule has 2 aliphatic rings. The van der Waals surface area contributed by atoms with E-state index in [1.165, 1.54) is 12.1 Å². The highest BCUT2D eigenvalue weighted by molar-refractivity contribution is 7.89. The van der Waals surface area contributed by atoms with E-state index >= 15 is 0 Å². The summed E-state index contributed by atoms with van der Waals surface area (Å²) in [5, 5.41) is 0. The van der Waals surface area contributed by atoms with Gasteiger partial charge in [-0.1, -0.05) is 25.5 Å². The van der Waals surface area contributed by atoms with Crippen LogP contribution in [-0.2, 0) is 21.2 Å². The van der Waals surface area contributed by atoms with Gasteiger partial charge < -0.3 is 14.2 Å². The van der Waals surface area contributed by atoms with Gasteiger partial charge in [0, 0.05) is 24.1 Å². The Bertz CT molecular complexity index is 1140. The SMILES string of the molecule is CCCCS(=O)(=O)NCCCOc1ccc2c(c1)OC(C)(C)[C@@H]1CC[C@@H](CCc3ccc(F)cc3)O[C@@H]21. The van der Waals surface area contributed by atoms with Crippen LogP contribution in [0, 0.1) is 11.7 Å². The first kappa shape index (κ1) is 27.9. The highest BCUT2D eigenvalue weighted by Gasteiger charge is 2.47. The van der Waals surface area contributed by atoms with Crippen LogP contribution in [0.25, 0.3) is 0 Å². The molecule has 0 radical (unpaired) electrons. The Morgan fingerprint density at radius 1 is 1.11 bits per heavy atom. The second-order valence-electron chi connectivity index (χ2n) is 10.7. The van der Waals surface area contributed by atoms with Gasteiger partial charge in [0.25, 0.3) is 0 Å². The Labute approximate surface area is 220 Å². The van der Waals surface area contributed by atoms with Crippen LogP contribution in [0.3, 0.4) is 0 Å². The summed E-state index contributed by atoms with van der Waals surface area (Å²) in [5.74, 6) is 1.69. The molecule has 1 N–H and O–H groups in total. The molecule has 2 aliphatic heterocycles. The van der Waals surface area contributed by atoms with Crippen molar-refractivity contribution in [2.75, 3.05) is 18.9 Å². The van der Waals surface area contributed by atoms with E-state index in [0.717, 1.165) is 49.0 Å². The largest absolute Gasteiger partial charge is 0.493 e. The lowest BCUT2D eigenvalue weighted by molar-refractivity contribution is -0.150. The number of rotatable bonds is 12. The predicted octanol–water partition coefficient (Wildman–Crippen LogP) is 5.95. The highest BCUT2D eigenvalue weighted by atomic mass is 32.2. The van der Waals surface area contributed by atoms with Crippen molar-refractivity contribution in [3.63, 3.8) is 0 Å². The monoisotopic (exact) mass is 533 g/mol. The highest BCUT2D eigenvalue weighted by Crippen LogP contribution is 2.51. The smallest absolute Gasteiger partial charge is 0.211 e. The molecule has 0 amide bonds. The number of unbranched alkanes of at least 4 members (excludes halogenated alkanes) is 1. The van der Waals surface area contributed by atoms with E-state index in [0.29, 0.717) is 31.7 Å². The van der Waals surface area contributed by atoms with Crippen molar-refractivity contribution in [2.45, 2.75) is 83.5 Å². The Morgan fingerprint density at radius 2 is 1.89 bits per heavy atom. The number of nitrogens with one attached hydrogen (secondary N) is 1. The number of benzene rings is 2. The number of hydrogen-bond donors (Lipinski definition) is 1. The number of hydrogen-bond acceptors (Lipinski definition) is 5. The fraction of sp³-hybridized carbons (Fsp3) is 0.586. The van der Waals surface area contributed by atoms with Crippen LogP contribution in [0.5, 0.6) is 11.5 Å². The van der Waals surface area contributed by atoms with E-state index in [4.69, 9.17) is 14.2 Å². The topological polar surface area (TPSA) is 73.9 Å². The van der Waals surface area contributed by atoms with Crippen molar-refractivity contribution >= 4 is 10.0 Å². The predicted molar refractivity (Wildman–Crippen MR) is 143 cm³/mol. The van der Waals surface area contributed by atoms with Gasteiger partial charge in [0.1, 0.15) is 22.9 Å². The van der Waals surface area contributed by atoms with Gasteiger partial charge in [-0.15, -0.1) is 0 Å². The molecule has 0 saturated carbocycles. The van der Waals surface area contributed by atoms with Crippen molar-refractivity contribution < 1.29 is 27.0 Å². The van der Waals surface area contributed by atoms with Crippen LogP contribution < -0.4 is 14.2 Å². The molecule has 2 aromatic rings. The number of sulfonamides is 1. The second-order valence-corrected chi connectivity index (χ2v) is 12.6. The standard InChI is InChI=1S/C29H40FNO5S/c1-4-5-19-37(32,33)31-17-6-18-34-24-13-15-25-27(20-24)36-29(2,3)26-16-14-23(35-28(25)26)12-9-21-7-10-22(30)11-8-21/h7-8,10-11,13,15,20,23,26,28,31H,4-6,9,12,14,16-19H2,1-3H3/t23-,26-,28+/m1/s1. The number of fused-ring (bicyclic) bond motifs is 3. The van der Waals surface area contributed by atoms with Gasteiger partial charge in [0.05, 0.1) is 24.6 Å². The molecule has 1 saturated heterocycles. The van der Waals surface area contributed by atoms with Crippen molar-refractivity contribution in [1.29, 1.82) is 0 Å². The average Bonchev–Trinajstić information content (AvgIpc) is 2.86. The molecule has 1 fully saturated rings.